The Morgan fingerprint density at radius 1 is 1.25 bits per heavy atom. The van der Waals surface area contributed by atoms with E-state index in [0.717, 1.165) is 4.90 Å². The molecule has 2 rings (SSSR count). The Hall–Kier alpha value is -2.24. The van der Waals surface area contributed by atoms with E-state index in [1.807, 2.05) is 0 Å². The van der Waals surface area contributed by atoms with Gasteiger partial charge in [0.15, 0.2) is 5.78 Å². The molecule has 1 heterocycles. The zero-order valence-corrected chi connectivity index (χ0v) is 11.3. The van der Waals surface area contributed by atoms with Gasteiger partial charge in [-0.2, -0.15) is 0 Å². The molecule has 1 fully saturated rings. The number of nitrogens with zero attached hydrogens (tertiary/aromatic N) is 1. The van der Waals surface area contributed by atoms with Gasteiger partial charge in [0.2, 0.25) is 0 Å². The van der Waals surface area contributed by atoms with Gasteiger partial charge >= 0.3 is 6.03 Å². The Morgan fingerprint density at radius 2 is 1.85 bits per heavy atom. The van der Waals surface area contributed by atoms with Crippen LogP contribution in [0.15, 0.2) is 24.3 Å². The van der Waals surface area contributed by atoms with Gasteiger partial charge < -0.3 is 5.32 Å². The standard InChI is InChI=1S/C14H15FN2O3/c1-14(2)12(19)17(13(20)16-14)8-11(18)7-9-3-5-10(15)6-4-9/h3-6H,7-8H2,1-2H3,(H,16,20). The van der Waals surface area contributed by atoms with Crippen LogP contribution in [0, 0.1) is 5.82 Å². The zero-order valence-electron chi connectivity index (χ0n) is 11.3. The highest BCUT2D eigenvalue weighted by atomic mass is 19.1. The molecule has 1 aromatic rings. The minimum absolute atomic E-state index is 0.0533. The van der Waals surface area contributed by atoms with Crippen molar-refractivity contribution in [3.05, 3.63) is 35.6 Å². The van der Waals surface area contributed by atoms with Crippen molar-refractivity contribution in [3.8, 4) is 0 Å². The number of benzene rings is 1. The number of urea groups is 1. The number of imide groups is 1. The van der Waals surface area contributed by atoms with Gasteiger partial charge in [-0.05, 0) is 31.5 Å². The molecule has 0 unspecified atom stereocenters. The average Bonchev–Trinajstić information content (AvgIpc) is 2.55. The predicted octanol–water partition coefficient (Wildman–Crippen LogP) is 1.27. The molecular formula is C14H15FN2O3. The molecule has 0 radical (unpaired) electrons. The van der Waals surface area contributed by atoms with Crippen molar-refractivity contribution >= 4 is 17.7 Å². The van der Waals surface area contributed by atoms with Crippen molar-refractivity contribution in [1.82, 2.24) is 10.2 Å². The smallest absolute Gasteiger partial charge is 0.324 e. The number of amides is 3. The molecule has 1 N–H and O–H groups in total. The molecule has 106 valence electrons. The van der Waals surface area contributed by atoms with Crippen molar-refractivity contribution in [2.75, 3.05) is 6.54 Å². The summed E-state index contributed by atoms with van der Waals surface area (Å²) in [5.74, 6) is -1.08. The minimum Gasteiger partial charge on any atom is -0.324 e. The minimum atomic E-state index is -0.979. The van der Waals surface area contributed by atoms with Crippen LogP contribution < -0.4 is 5.32 Å². The molecule has 20 heavy (non-hydrogen) atoms. The Labute approximate surface area is 115 Å². The van der Waals surface area contributed by atoms with Crippen molar-refractivity contribution in [2.45, 2.75) is 25.8 Å². The first-order chi connectivity index (χ1) is 9.29. The van der Waals surface area contributed by atoms with E-state index in [4.69, 9.17) is 0 Å². The maximum Gasteiger partial charge on any atom is 0.325 e. The summed E-state index contributed by atoms with van der Waals surface area (Å²) >= 11 is 0. The van der Waals surface area contributed by atoms with E-state index in [1.165, 1.54) is 24.3 Å². The summed E-state index contributed by atoms with van der Waals surface area (Å²) in [4.78, 5) is 36.3. The quantitative estimate of drug-likeness (QED) is 0.843. The number of rotatable bonds is 4. The van der Waals surface area contributed by atoms with Gasteiger partial charge in [-0.3, -0.25) is 14.5 Å². The lowest BCUT2D eigenvalue weighted by molar-refractivity contribution is -0.133. The topological polar surface area (TPSA) is 66.5 Å². The summed E-state index contributed by atoms with van der Waals surface area (Å²) in [6.45, 7) is 2.89. The number of ketones is 1. The molecule has 3 amide bonds. The maximum absolute atomic E-state index is 12.7. The highest BCUT2D eigenvalue weighted by Gasteiger charge is 2.44. The lowest BCUT2D eigenvalue weighted by Crippen LogP contribution is -2.41. The SMILES string of the molecule is CC1(C)NC(=O)N(CC(=O)Cc2ccc(F)cc2)C1=O. The van der Waals surface area contributed by atoms with Gasteiger partial charge in [0, 0.05) is 6.42 Å². The first-order valence-electron chi connectivity index (χ1n) is 6.20. The normalized spacial score (nSPS) is 17.2. The van der Waals surface area contributed by atoms with E-state index >= 15 is 0 Å². The van der Waals surface area contributed by atoms with Crippen LogP contribution in [0.3, 0.4) is 0 Å². The third-order valence-electron chi connectivity index (χ3n) is 3.09. The number of hydrogen-bond acceptors (Lipinski definition) is 3. The molecule has 1 aromatic carbocycles. The summed E-state index contributed by atoms with van der Waals surface area (Å²) in [5.41, 5.74) is -0.338. The zero-order chi connectivity index (χ0) is 14.9. The molecule has 0 bridgehead atoms. The number of Topliss-reactive ketones (excluding diaryl/α,β-unsaturated/α-hetero) is 1. The molecular weight excluding hydrogens is 263 g/mol. The monoisotopic (exact) mass is 278 g/mol. The number of halogens is 1. The molecule has 6 heteroatoms. The van der Waals surface area contributed by atoms with Crippen molar-refractivity contribution < 1.29 is 18.8 Å². The Balaban J connectivity index is 2.00. The third kappa shape index (κ3) is 2.84. The van der Waals surface area contributed by atoms with Crippen LogP contribution in [-0.2, 0) is 16.0 Å². The van der Waals surface area contributed by atoms with Crippen LogP contribution in [0.25, 0.3) is 0 Å². The number of hydrogen-bond donors (Lipinski definition) is 1. The van der Waals surface area contributed by atoms with Crippen molar-refractivity contribution in [3.63, 3.8) is 0 Å². The highest BCUT2D eigenvalue weighted by molar-refractivity contribution is 6.08. The predicted molar refractivity (Wildman–Crippen MR) is 69.4 cm³/mol. The molecule has 0 spiro atoms. The fourth-order valence-corrected chi connectivity index (χ4v) is 2.02. The van der Waals surface area contributed by atoms with Gasteiger partial charge in [0.25, 0.3) is 5.91 Å². The largest absolute Gasteiger partial charge is 0.325 e. The van der Waals surface area contributed by atoms with Gasteiger partial charge in [0.05, 0.1) is 6.54 Å². The lowest BCUT2D eigenvalue weighted by atomic mass is 10.1. The Bertz CT molecular complexity index is 566. The van der Waals surface area contributed by atoms with E-state index in [9.17, 15) is 18.8 Å². The van der Waals surface area contributed by atoms with Crippen LogP contribution in [-0.4, -0.2) is 34.7 Å². The molecule has 0 saturated carbocycles. The molecule has 1 aliphatic rings. The lowest BCUT2D eigenvalue weighted by Gasteiger charge is -2.15. The second kappa shape index (κ2) is 5.03. The number of carbonyl (C=O) groups excluding carboxylic acids is 3. The van der Waals surface area contributed by atoms with Crippen LogP contribution in [0.4, 0.5) is 9.18 Å². The Morgan fingerprint density at radius 3 is 2.35 bits per heavy atom. The van der Waals surface area contributed by atoms with Gasteiger partial charge in [-0.15, -0.1) is 0 Å². The summed E-state index contributed by atoms with van der Waals surface area (Å²) in [6, 6.07) is 4.97. The first-order valence-corrected chi connectivity index (χ1v) is 6.20. The van der Waals surface area contributed by atoms with E-state index in [-0.39, 0.29) is 24.6 Å². The van der Waals surface area contributed by atoms with E-state index < -0.39 is 17.5 Å². The van der Waals surface area contributed by atoms with Crippen LogP contribution >= 0.6 is 0 Å². The molecule has 0 atom stereocenters. The summed E-state index contributed by atoms with van der Waals surface area (Å²) in [7, 11) is 0. The summed E-state index contributed by atoms with van der Waals surface area (Å²) in [5, 5.41) is 2.51. The van der Waals surface area contributed by atoms with Crippen molar-refractivity contribution in [2.24, 2.45) is 0 Å². The van der Waals surface area contributed by atoms with Crippen LogP contribution in [0.5, 0.6) is 0 Å². The third-order valence-corrected chi connectivity index (χ3v) is 3.09. The molecule has 0 aliphatic carbocycles. The molecule has 0 aromatic heterocycles. The van der Waals surface area contributed by atoms with E-state index in [0.29, 0.717) is 5.56 Å². The fraction of sp³-hybridized carbons (Fsp3) is 0.357. The summed E-state index contributed by atoms with van der Waals surface area (Å²) in [6.07, 6.45) is 0.0533. The van der Waals surface area contributed by atoms with Gasteiger partial charge in [0.1, 0.15) is 11.4 Å². The Kier molecular flexibility index (Phi) is 3.57. The van der Waals surface area contributed by atoms with E-state index in [1.54, 1.807) is 13.8 Å². The molecule has 1 aliphatic heterocycles. The second-order valence-electron chi connectivity index (χ2n) is 5.29. The van der Waals surface area contributed by atoms with E-state index in [2.05, 4.69) is 5.32 Å². The fourth-order valence-electron chi connectivity index (χ4n) is 2.02. The summed E-state index contributed by atoms with van der Waals surface area (Å²) < 4.78 is 12.7. The van der Waals surface area contributed by atoms with Crippen LogP contribution in [0.2, 0.25) is 0 Å². The van der Waals surface area contributed by atoms with Crippen molar-refractivity contribution in [1.29, 1.82) is 0 Å². The highest BCUT2D eigenvalue weighted by Crippen LogP contribution is 2.16. The first kappa shape index (κ1) is 14.2. The van der Waals surface area contributed by atoms with Gasteiger partial charge in [-0.1, -0.05) is 12.1 Å². The average molecular weight is 278 g/mol. The maximum atomic E-state index is 12.7. The molecule has 1 saturated heterocycles. The molecule has 5 nitrogen and oxygen atoms in total. The number of nitrogens with one attached hydrogen (secondary N) is 1. The second-order valence-corrected chi connectivity index (χ2v) is 5.29. The number of carbonyl (C=O) groups is 3. The van der Waals surface area contributed by atoms with Crippen LogP contribution in [0.1, 0.15) is 19.4 Å². The van der Waals surface area contributed by atoms with Gasteiger partial charge in [-0.25, -0.2) is 9.18 Å².